The molecule has 7 nitrogen and oxygen atoms in total. The van der Waals surface area contributed by atoms with Crippen molar-refractivity contribution in [3.8, 4) is 17.1 Å². The van der Waals surface area contributed by atoms with Crippen LogP contribution in [0.3, 0.4) is 0 Å². The summed E-state index contributed by atoms with van der Waals surface area (Å²) in [6.45, 7) is 6.62. The van der Waals surface area contributed by atoms with Gasteiger partial charge >= 0.3 is 0 Å². The highest BCUT2D eigenvalue weighted by Gasteiger charge is 2.17. The largest absolute Gasteiger partial charge is 0.477 e. The lowest BCUT2D eigenvalue weighted by Gasteiger charge is -2.10. The number of hydrogen-bond donors (Lipinski definition) is 0. The van der Waals surface area contributed by atoms with Crippen LogP contribution >= 0.6 is 0 Å². The molecular formula is C19H21N5O2. The molecular weight excluding hydrogens is 330 g/mol. The van der Waals surface area contributed by atoms with Gasteiger partial charge in [0.2, 0.25) is 5.88 Å². The molecule has 7 heteroatoms. The Hall–Kier alpha value is -2.80. The van der Waals surface area contributed by atoms with Crippen LogP contribution in [-0.2, 0) is 11.3 Å². The molecule has 0 amide bonds. The molecule has 0 saturated carbocycles. The molecule has 0 atom stereocenters. The molecule has 134 valence electrons. The van der Waals surface area contributed by atoms with Crippen LogP contribution in [0.1, 0.15) is 20.3 Å². The van der Waals surface area contributed by atoms with Crippen LogP contribution in [0.2, 0.25) is 0 Å². The first kappa shape index (κ1) is 16.7. The molecule has 0 N–H and O–H groups in total. The summed E-state index contributed by atoms with van der Waals surface area (Å²) in [6.07, 6.45) is 4.36. The molecule has 0 aromatic carbocycles. The van der Waals surface area contributed by atoms with E-state index >= 15 is 0 Å². The third-order valence-electron chi connectivity index (χ3n) is 4.29. The minimum atomic E-state index is 0.548. The highest BCUT2D eigenvalue weighted by molar-refractivity contribution is 5.96. The summed E-state index contributed by atoms with van der Waals surface area (Å²) in [6, 6.07) is 5.84. The fourth-order valence-corrected chi connectivity index (χ4v) is 3.09. The maximum atomic E-state index is 5.68. The second-order valence-corrected chi connectivity index (χ2v) is 5.99. The number of rotatable bonds is 5. The first-order valence-corrected chi connectivity index (χ1v) is 8.89. The van der Waals surface area contributed by atoms with E-state index in [1.165, 1.54) is 0 Å². The number of fused-ring (bicyclic) bond motifs is 1. The highest BCUT2D eigenvalue weighted by Crippen LogP contribution is 2.34. The maximum Gasteiger partial charge on any atom is 0.222 e. The van der Waals surface area contributed by atoms with E-state index in [4.69, 9.17) is 19.5 Å². The van der Waals surface area contributed by atoms with E-state index in [-0.39, 0.29) is 0 Å². The van der Waals surface area contributed by atoms with Crippen LogP contribution in [0.4, 0.5) is 5.69 Å². The Morgan fingerprint density at radius 1 is 1.35 bits per heavy atom. The minimum absolute atomic E-state index is 0.548. The molecule has 4 rings (SSSR count). The van der Waals surface area contributed by atoms with Crippen LogP contribution in [0.15, 0.2) is 35.6 Å². The summed E-state index contributed by atoms with van der Waals surface area (Å²) in [7, 11) is 0. The van der Waals surface area contributed by atoms with Gasteiger partial charge in [0, 0.05) is 24.9 Å². The van der Waals surface area contributed by atoms with Gasteiger partial charge in [-0.2, -0.15) is 5.10 Å². The second-order valence-electron chi connectivity index (χ2n) is 5.99. The number of pyridine rings is 2. The van der Waals surface area contributed by atoms with Crippen molar-refractivity contribution in [2.75, 3.05) is 19.8 Å². The molecule has 3 aromatic heterocycles. The molecule has 4 heterocycles. The van der Waals surface area contributed by atoms with Crippen molar-refractivity contribution in [3.05, 3.63) is 30.6 Å². The van der Waals surface area contributed by atoms with Crippen molar-refractivity contribution < 1.29 is 9.47 Å². The maximum absolute atomic E-state index is 5.68. The molecule has 0 radical (unpaired) electrons. The normalized spacial score (nSPS) is 15.8. The van der Waals surface area contributed by atoms with E-state index < -0.39 is 0 Å². The van der Waals surface area contributed by atoms with Gasteiger partial charge in [-0.15, -0.1) is 0 Å². The molecule has 1 aliphatic heterocycles. The molecule has 0 bridgehead atoms. The third-order valence-corrected chi connectivity index (χ3v) is 4.29. The molecule has 1 aliphatic rings. The second kappa shape index (κ2) is 7.21. The number of aliphatic imine (C=N–C) groups is 1. The van der Waals surface area contributed by atoms with Gasteiger partial charge in [-0.25, -0.2) is 9.97 Å². The Morgan fingerprint density at radius 2 is 2.27 bits per heavy atom. The van der Waals surface area contributed by atoms with Gasteiger partial charge in [0.05, 0.1) is 43.0 Å². The average Bonchev–Trinajstić information content (AvgIpc) is 3.31. The van der Waals surface area contributed by atoms with Gasteiger partial charge in [0.25, 0.3) is 0 Å². The number of nitrogens with zero attached hydrogens (tertiary/aromatic N) is 5. The monoisotopic (exact) mass is 351 g/mol. The van der Waals surface area contributed by atoms with Crippen LogP contribution in [0.5, 0.6) is 5.88 Å². The Balaban J connectivity index is 1.91. The van der Waals surface area contributed by atoms with Gasteiger partial charge in [-0.05, 0) is 32.0 Å². The van der Waals surface area contributed by atoms with Crippen LogP contribution in [0, 0.1) is 0 Å². The Bertz CT molecular complexity index is 956. The number of ether oxygens (including phenoxy) is 2. The zero-order valence-electron chi connectivity index (χ0n) is 15.0. The summed E-state index contributed by atoms with van der Waals surface area (Å²) >= 11 is 0. The van der Waals surface area contributed by atoms with Crippen molar-refractivity contribution in [1.82, 2.24) is 19.7 Å². The fourth-order valence-electron chi connectivity index (χ4n) is 3.09. The molecule has 3 aromatic rings. The predicted molar refractivity (Wildman–Crippen MR) is 100 cm³/mol. The number of aromatic nitrogens is 4. The number of hydrogen-bond acceptors (Lipinski definition) is 6. The third kappa shape index (κ3) is 3.06. The summed E-state index contributed by atoms with van der Waals surface area (Å²) in [5, 5.41) is 4.45. The van der Waals surface area contributed by atoms with E-state index in [9.17, 15) is 0 Å². The fraction of sp³-hybridized carbons (Fsp3) is 0.368. The SMILES string of the molecule is CCOc1ncccc1-c1cc(N=C2CCOC2)c2c(cnn2CC)n1. The van der Waals surface area contributed by atoms with Gasteiger partial charge in [-0.1, -0.05) is 0 Å². The van der Waals surface area contributed by atoms with E-state index in [1.807, 2.05) is 29.8 Å². The quantitative estimate of drug-likeness (QED) is 0.704. The standard InChI is InChI=1S/C19H21N5O2/c1-3-24-18-16(22-13-7-9-25-12-13)10-15(23-17(18)11-21-24)14-6-5-8-20-19(14)26-4-2/h5-6,8,10-11H,3-4,7,9,12H2,1-2H3. The Morgan fingerprint density at radius 3 is 3.04 bits per heavy atom. The van der Waals surface area contributed by atoms with Crippen molar-refractivity contribution in [2.24, 2.45) is 4.99 Å². The van der Waals surface area contributed by atoms with Gasteiger partial charge in [-0.3, -0.25) is 9.67 Å². The van der Waals surface area contributed by atoms with Gasteiger partial charge in [0.15, 0.2) is 0 Å². The van der Waals surface area contributed by atoms with E-state index in [0.29, 0.717) is 19.1 Å². The minimum Gasteiger partial charge on any atom is -0.477 e. The topological polar surface area (TPSA) is 74.4 Å². The molecule has 1 fully saturated rings. The van der Waals surface area contributed by atoms with Crippen molar-refractivity contribution in [1.29, 1.82) is 0 Å². The van der Waals surface area contributed by atoms with Gasteiger partial charge in [0.1, 0.15) is 11.0 Å². The lowest BCUT2D eigenvalue weighted by atomic mass is 10.1. The Labute approximate surface area is 151 Å². The molecule has 26 heavy (non-hydrogen) atoms. The molecule has 0 spiro atoms. The smallest absolute Gasteiger partial charge is 0.222 e. The van der Waals surface area contributed by atoms with Crippen LogP contribution < -0.4 is 4.74 Å². The summed E-state index contributed by atoms with van der Waals surface area (Å²) in [5.74, 6) is 0.576. The van der Waals surface area contributed by atoms with E-state index in [2.05, 4.69) is 17.0 Å². The average molecular weight is 351 g/mol. The van der Waals surface area contributed by atoms with Crippen molar-refractivity contribution >= 4 is 22.4 Å². The first-order valence-electron chi connectivity index (χ1n) is 8.89. The molecule has 0 aliphatic carbocycles. The van der Waals surface area contributed by atoms with E-state index in [1.54, 1.807) is 12.4 Å². The van der Waals surface area contributed by atoms with E-state index in [0.717, 1.165) is 53.3 Å². The number of aryl methyl sites for hydroxylation is 1. The Kier molecular flexibility index (Phi) is 4.62. The highest BCUT2D eigenvalue weighted by atomic mass is 16.5. The van der Waals surface area contributed by atoms with Crippen molar-refractivity contribution in [2.45, 2.75) is 26.8 Å². The zero-order valence-corrected chi connectivity index (χ0v) is 15.0. The summed E-state index contributed by atoms with van der Waals surface area (Å²) in [5.41, 5.74) is 5.29. The van der Waals surface area contributed by atoms with Gasteiger partial charge < -0.3 is 9.47 Å². The summed E-state index contributed by atoms with van der Waals surface area (Å²) < 4.78 is 13.0. The zero-order chi connectivity index (χ0) is 17.9. The lowest BCUT2D eigenvalue weighted by Crippen LogP contribution is -2.00. The summed E-state index contributed by atoms with van der Waals surface area (Å²) in [4.78, 5) is 14.0. The van der Waals surface area contributed by atoms with Crippen LogP contribution in [0.25, 0.3) is 22.3 Å². The molecule has 1 saturated heterocycles. The van der Waals surface area contributed by atoms with Crippen molar-refractivity contribution in [3.63, 3.8) is 0 Å². The predicted octanol–water partition coefficient (Wildman–Crippen LogP) is 3.40. The van der Waals surface area contributed by atoms with Crippen LogP contribution in [-0.4, -0.2) is 45.3 Å². The first-order chi connectivity index (χ1) is 12.8. The lowest BCUT2D eigenvalue weighted by molar-refractivity contribution is 0.209. The molecule has 0 unspecified atom stereocenters.